The van der Waals surface area contributed by atoms with Gasteiger partial charge in [-0.25, -0.2) is 0 Å². The van der Waals surface area contributed by atoms with E-state index in [1.165, 1.54) is 0 Å². The second-order valence-corrected chi connectivity index (χ2v) is 3.49. The first kappa shape index (κ1) is 11.4. The van der Waals surface area contributed by atoms with Crippen LogP contribution in [0, 0.1) is 5.92 Å². The highest BCUT2D eigenvalue weighted by atomic mass is 16.3. The molecule has 12 heavy (non-hydrogen) atoms. The van der Waals surface area contributed by atoms with Gasteiger partial charge in [-0.3, -0.25) is 0 Å². The summed E-state index contributed by atoms with van der Waals surface area (Å²) in [5.74, 6) is 0.155. The summed E-state index contributed by atoms with van der Waals surface area (Å²) < 4.78 is 0. The van der Waals surface area contributed by atoms with Gasteiger partial charge in [0.1, 0.15) is 0 Å². The molecule has 0 rings (SSSR count). The van der Waals surface area contributed by atoms with Crippen LogP contribution in [0.1, 0.15) is 33.6 Å². The predicted octanol–water partition coefficient (Wildman–Crippen LogP) is 2.92. The number of allylic oxidation sites excluding steroid dienone is 2. The Morgan fingerprint density at radius 3 is 2.58 bits per heavy atom. The van der Waals surface area contributed by atoms with Crippen LogP contribution in [0.15, 0.2) is 24.8 Å². The third-order valence-corrected chi connectivity index (χ3v) is 2.39. The van der Waals surface area contributed by atoms with Gasteiger partial charge in [0.2, 0.25) is 0 Å². The zero-order chi connectivity index (χ0) is 9.61. The molecule has 1 nitrogen and oxygen atoms in total. The average molecular weight is 168 g/mol. The van der Waals surface area contributed by atoms with Crippen molar-refractivity contribution in [2.75, 3.05) is 0 Å². The van der Waals surface area contributed by atoms with Crippen molar-refractivity contribution < 1.29 is 5.11 Å². The molecule has 0 saturated carbocycles. The van der Waals surface area contributed by atoms with Crippen molar-refractivity contribution in [2.45, 2.75) is 39.2 Å². The lowest BCUT2D eigenvalue weighted by atomic mass is 9.86. The first-order valence-electron chi connectivity index (χ1n) is 4.50. The molecule has 2 atom stereocenters. The van der Waals surface area contributed by atoms with Crippen LogP contribution in [0.2, 0.25) is 0 Å². The molecule has 0 amide bonds. The quantitative estimate of drug-likeness (QED) is 0.626. The zero-order valence-corrected chi connectivity index (χ0v) is 8.38. The Morgan fingerprint density at radius 1 is 1.58 bits per heavy atom. The number of rotatable bonds is 5. The van der Waals surface area contributed by atoms with Gasteiger partial charge in [-0.05, 0) is 26.7 Å². The maximum Gasteiger partial charge on any atom is 0.0682 e. The molecule has 0 aliphatic carbocycles. The van der Waals surface area contributed by atoms with Crippen LogP contribution in [0.25, 0.3) is 0 Å². The van der Waals surface area contributed by atoms with Crippen LogP contribution in [0.5, 0.6) is 0 Å². The van der Waals surface area contributed by atoms with Crippen molar-refractivity contribution in [3.8, 4) is 0 Å². The van der Waals surface area contributed by atoms with E-state index >= 15 is 0 Å². The molecule has 70 valence electrons. The summed E-state index contributed by atoms with van der Waals surface area (Å²) >= 11 is 0. The number of hydrogen-bond acceptors (Lipinski definition) is 1. The number of aliphatic hydroxyl groups is 1. The van der Waals surface area contributed by atoms with E-state index in [1.54, 1.807) is 6.08 Å². The summed E-state index contributed by atoms with van der Waals surface area (Å²) in [6, 6.07) is 0. The summed E-state index contributed by atoms with van der Waals surface area (Å²) in [4.78, 5) is 0. The standard InChI is InChI=1S/C11H20O/c1-5-7-8-9-11(4,12)10(3)6-2/h5-7,10,12H,2,8-9H2,1,3-4H3. The molecule has 0 aromatic heterocycles. The van der Waals surface area contributed by atoms with E-state index in [0.717, 1.165) is 12.8 Å². The molecule has 0 radical (unpaired) electrons. The van der Waals surface area contributed by atoms with Gasteiger partial charge >= 0.3 is 0 Å². The maximum atomic E-state index is 9.90. The van der Waals surface area contributed by atoms with Crippen molar-refractivity contribution in [1.82, 2.24) is 0 Å². The Labute approximate surface area is 75.8 Å². The molecular formula is C11H20O. The number of hydrogen-bond donors (Lipinski definition) is 1. The Bertz CT molecular complexity index is 156. The molecule has 0 aliphatic rings. The lowest BCUT2D eigenvalue weighted by molar-refractivity contribution is 0.0172. The van der Waals surface area contributed by atoms with Gasteiger partial charge in [0, 0.05) is 5.92 Å². The first-order valence-corrected chi connectivity index (χ1v) is 4.50. The lowest BCUT2D eigenvalue weighted by Gasteiger charge is -2.27. The van der Waals surface area contributed by atoms with Crippen LogP contribution in [0.4, 0.5) is 0 Å². The highest BCUT2D eigenvalue weighted by Gasteiger charge is 2.24. The molecular weight excluding hydrogens is 148 g/mol. The molecule has 0 spiro atoms. The minimum Gasteiger partial charge on any atom is -0.390 e. The average Bonchev–Trinajstić information content (AvgIpc) is 2.03. The van der Waals surface area contributed by atoms with Crippen LogP contribution in [-0.2, 0) is 0 Å². The summed E-state index contributed by atoms with van der Waals surface area (Å²) in [5.41, 5.74) is -0.610. The summed E-state index contributed by atoms with van der Waals surface area (Å²) in [7, 11) is 0. The molecule has 1 heteroatoms. The van der Waals surface area contributed by atoms with Crippen molar-refractivity contribution in [1.29, 1.82) is 0 Å². The van der Waals surface area contributed by atoms with E-state index < -0.39 is 5.60 Å². The van der Waals surface area contributed by atoms with Gasteiger partial charge < -0.3 is 5.11 Å². The largest absolute Gasteiger partial charge is 0.390 e. The monoisotopic (exact) mass is 168 g/mol. The SMILES string of the molecule is C=CC(C)C(C)(O)CCC=CC. The summed E-state index contributed by atoms with van der Waals surface area (Å²) in [5, 5.41) is 9.90. The first-order chi connectivity index (χ1) is 5.54. The van der Waals surface area contributed by atoms with Crippen molar-refractivity contribution >= 4 is 0 Å². The fraction of sp³-hybridized carbons (Fsp3) is 0.636. The molecule has 1 N–H and O–H groups in total. The summed E-state index contributed by atoms with van der Waals surface area (Å²) in [6.45, 7) is 9.52. The second kappa shape index (κ2) is 5.15. The predicted molar refractivity (Wildman–Crippen MR) is 54.0 cm³/mol. The van der Waals surface area contributed by atoms with Crippen LogP contribution >= 0.6 is 0 Å². The third-order valence-electron chi connectivity index (χ3n) is 2.39. The van der Waals surface area contributed by atoms with Gasteiger partial charge in [-0.15, -0.1) is 6.58 Å². The van der Waals surface area contributed by atoms with E-state index in [0.29, 0.717) is 0 Å². The maximum absolute atomic E-state index is 9.90. The fourth-order valence-corrected chi connectivity index (χ4v) is 1.02. The van der Waals surface area contributed by atoms with Gasteiger partial charge in [0.05, 0.1) is 5.60 Å². The lowest BCUT2D eigenvalue weighted by Crippen LogP contribution is -2.31. The van der Waals surface area contributed by atoms with Crippen molar-refractivity contribution in [3.05, 3.63) is 24.8 Å². The molecule has 0 fully saturated rings. The van der Waals surface area contributed by atoms with E-state index in [2.05, 4.69) is 12.7 Å². The van der Waals surface area contributed by atoms with E-state index in [-0.39, 0.29) is 5.92 Å². The van der Waals surface area contributed by atoms with Crippen LogP contribution < -0.4 is 0 Å². The van der Waals surface area contributed by atoms with Crippen LogP contribution in [-0.4, -0.2) is 10.7 Å². The molecule has 0 aromatic carbocycles. The van der Waals surface area contributed by atoms with Gasteiger partial charge in [0.25, 0.3) is 0 Å². The molecule has 0 aliphatic heterocycles. The van der Waals surface area contributed by atoms with E-state index in [9.17, 15) is 5.11 Å². The van der Waals surface area contributed by atoms with Gasteiger partial charge in [0.15, 0.2) is 0 Å². The van der Waals surface area contributed by atoms with Gasteiger partial charge in [-0.1, -0.05) is 25.2 Å². The van der Waals surface area contributed by atoms with Crippen molar-refractivity contribution in [3.63, 3.8) is 0 Å². The van der Waals surface area contributed by atoms with Crippen LogP contribution in [0.3, 0.4) is 0 Å². The minimum absolute atomic E-state index is 0.155. The van der Waals surface area contributed by atoms with E-state index in [4.69, 9.17) is 0 Å². The highest BCUT2D eigenvalue weighted by Crippen LogP contribution is 2.23. The second-order valence-electron chi connectivity index (χ2n) is 3.49. The molecule has 0 bridgehead atoms. The molecule has 0 aromatic rings. The Morgan fingerprint density at radius 2 is 2.17 bits per heavy atom. The minimum atomic E-state index is -0.610. The Balaban J connectivity index is 3.93. The zero-order valence-electron chi connectivity index (χ0n) is 8.38. The third kappa shape index (κ3) is 3.72. The summed E-state index contributed by atoms with van der Waals surface area (Å²) in [6.07, 6.45) is 7.61. The Kier molecular flexibility index (Phi) is 4.91. The fourth-order valence-electron chi connectivity index (χ4n) is 1.02. The van der Waals surface area contributed by atoms with E-state index in [1.807, 2.05) is 26.8 Å². The molecule has 0 saturated heterocycles. The highest BCUT2D eigenvalue weighted by molar-refractivity contribution is 4.92. The normalized spacial score (nSPS) is 19.0. The molecule has 2 unspecified atom stereocenters. The Hall–Kier alpha value is -0.560. The molecule has 0 heterocycles. The topological polar surface area (TPSA) is 20.2 Å². The smallest absolute Gasteiger partial charge is 0.0682 e. The van der Waals surface area contributed by atoms with Crippen molar-refractivity contribution in [2.24, 2.45) is 5.92 Å². The van der Waals surface area contributed by atoms with Gasteiger partial charge in [-0.2, -0.15) is 0 Å².